The van der Waals surface area contributed by atoms with Gasteiger partial charge in [0.1, 0.15) is 0 Å². The fourth-order valence-corrected chi connectivity index (χ4v) is 3.96. The van der Waals surface area contributed by atoms with Crippen molar-refractivity contribution >= 4 is 5.91 Å². The van der Waals surface area contributed by atoms with Gasteiger partial charge in [-0.05, 0) is 40.2 Å². The lowest BCUT2D eigenvalue weighted by molar-refractivity contribution is -0.132. The summed E-state index contributed by atoms with van der Waals surface area (Å²) in [6, 6.07) is 1.37. The Kier molecular flexibility index (Phi) is 6.02. The quantitative estimate of drug-likeness (QED) is 0.785. The minimum atomic E-state index is 0.191. The third-order valence-electron chi connectivity index (χ3n) is 5.25. The maximum Gasteiger partial charge on any atom is 0.224 e. The Labute approximate surface area is 129 Å². The van der Waals surface area contributed by atoms with Gasteiger partial charge >= 0.3 is 0 Å². The fourth-order valence-electron chi connectivity index (χ4n) is 3.96. The van der Waals surface area contributed by atoms with Crippen molar-refractivity contribution in [1.29, 1.82) is 0 Å². The lowest BCUT2D eigenvalue weighted by Gasteiger charge is -2.46. The molecule has 2 heterocycles. The largest absolute Gasteiger partial charge is 0.343 e. The molecule has 2 aliphatic rings. The van der Waals surface area contributed by atoms with Crippen LogP contribution in [0.25, 0.3) is 0 Å². The maximum absolute atomic E-state index is 12.4. The van der Waals surface area contributed by atoms with E-state index in [1.54, 1.807) is 0 Å². The molecular formula is C16H32N4O. The average Bonchev–Trinajstić information content (AvgIpc) is 2.92. The number of hydrogen-bond donors (Lipinski definition) is 1. The van der Waals surface area contributed by atoms with Gasteiger partial charge in [-0.25, -0.2) is 0 Å². The number of carbonyl (C=O) groups is 1. The van der Waals surface area contributed by atoms with Crippen LogP contribution in [0, 0.1) is 0 Å². The van der Waals surface area contributed by atoms with E-state index in [2.05, 4.69) is 16.7 Å². The first kappa shape index (κ1) is 16.7. The van der Waals surface area contributed by atoms with Crippen LogP contribution < -0.4 is 5.73 Å². The Morgan fingerprint density at radius 2 is 2.05 bits per heavy atom. The SMILES string of the molecule is CCN(CC)C(=O)CC(CN)N1CC2CCCN2CC1C. The molecule has 21 heavy (non-hydrogen) atoms. The number of fused-ring (bicyclic) bond motifs is 1. The summed E-state index contributed by atoms with van der Waals surface area (Å²) in [5.41, 5.74) is 6.01. The molecule has 0 aromatic heterocycles. The van der Waals surface area contributed by atoms with Gasteiger partial charge in [-0.3, -0.25) is 14.6 Å². The van der Waals surface area contributed by atoms with Crippen LogP contribution in [0.3, 0.4) is 0 Å². The summed E-state index contributed by atoms with van der Waals surface area (Å²) in [4.78, 5) is 19.4. The van der Waals surface area contributed by atoms with E-state index >= 15 is 0 Å². The van der Waals surface area contributed by atoms with Crippen molar-refractivity contribution < 1.29 is 4.79 Å². The van der Waals surface area contributed by atoms with Gasteiger partial charge in [0.25, 0.3) is 0 Å². The zero-order chi connectivity index (χ0) is 15.4. The third-order valence-corrected chi connectivity index (χ3v) is 5.25. The molecule has 2 N–H and O–H groups in total. The molecule has 1 amide bonds. The molecule has 2 saturated heterocycles. The molecule has 0 radical (unpaired) electrons. The van der Waals surface area contributed by atoms with E-state index in [0.717, 1.165) is 26.2 Å². The first-order chi connectivity index (χ1) is 10.1. The van der Waals surface area contributed by atoms with Gasteiger partial charge in [-0.1, -0.05) is 0 Å². The lowest BCUT2D eigenvalue weighted by atomic mass is 10.0. The molecule has 2 fully saturated rings. The minimum Gasteiger partial charge on any atom is -0.343 e. The van der Waals surface area contributed by atoms with E-state index < -0.39 is 0 Å². The van der Waals surface area contributed by atoms with Gasteiger partial charge in [-0.2, -0.15) is 0 Å². The highest BCUT2D eigenvalue weighted by Crippen LogP contribution is 2.26. The summed E-state index contributed by atoms with van der Waals surface area (Å²) >= 11 is 0. The van der Waals surface area contributed by atoms with Gasteiger partial charge in [0, 0.05) is 57.3 Å². The van der Waals surface area contributed by atoms with Crippen LogP contribution in [-0.4, -0.2) is 78.0 Å². The first-order valence-electron chi connectivity index (χ1n) is 8.58. The highest BCUT2D eigenvalue weighted by atomic mass is 16.2. The number of rotatable bonds is 6. The van der Waals surface area contributed by atoms with Crippen molar-refractivity contribution in [2.24, 2.45) is 5.73 Å². The predicted octanol–water partition coefficient (Wildman–Crippen LogP) is 0.741. The van der Waals surface area contributed by atoms with Gasteiger partial charge < -0.3 is 10.6 Å². The topological polar surface area (TPSA) is 52.8 Å². The smallest absolute Gasteiger partial charge is 0.224 e. The molecule has 3 atom stereocenters. The molecular weight excluding hydrogens is 264 g/mol. The van der Waals surface area contributed by atoms with Crippen molar-refractivity contribution in [1.82, 2.24) is 14.7 Å². The normalized spacial score (nSPS) is 28.4. The second-order valence-electron chi connectivity index (χ2n) is 6.50. The summed E-state index contributed by atoms with van der Waals surface area (Å²) in [5.74, 6) is 0.247. The molecule has 0 bridgehead atoms. The molecule has 0 aromatic rings. The van der Waals surface area contributed by atoms with Crippen molar-refractivity contribution in [3.05, 3.63) is 0 Å². The van der Waals surface area contributed by atoms with Crippen molar-refractivity contribution in [2.45, 2.75) is 58.2 Å². The van der Waals surface area contributed by atoms with Gasteiger partial charge in [0.15, 0.2) is 0 Å². The Hall–Kier alpha value is -0.650. The van der Waals surface area contributed by atoms with Gasteiger partial charge in [0.2, 0.25) is 5.91 Å². The summed E-state index contributed by atoms with van der Waals surface area (Å²) in [6.07, 6.45) is 3.18. The summed E-state index contributed by atoms with van der Waals surface area (Å²) in [6.45, 7) is 12.0. The Bertz CT molecular complexity index is 345. The first-order valence-corrected chi connectivity index (χ1v) is 8.58. The summed E-state index contributed by atoms with van der Waals surface area (Å²) < 4.78 is 0. The van der Waals surface area contributed by atoms with E-state index in [1.165, 1.54) is 19.4 Å². The van der Waals surface area contributed by atoms with Crippen LogP contribution >= 0.6 is 0 Å². The van der Waals surface area contributed by atoms with Crippen molar-refractivity contribution in [3.8, 4) is 0 Å². The maximum atomic E-state index is 12.4. The van der Waals surface area contributed by atoms with Gasteiger partial charge in [-0.15, -0.1) is 0 Å². The van der Waals surface area contributed by atoms with E-state index in [9.17, 15) is 4.79 Å². The second kappa shape index (κ2) is 7.56. The zero-order valence-electron chi connectivity index (χ0n) is 13.9. The number of nitrogens with zero attached hydrogens (tertiary/aromatic N) is 3. The Morgan fingerprint density at radius 1 is 1.33 bits per heavy atom. The van der Waals surface area contributed by atoms with Crippen LogP contribution in [0.5, 0.6) is 0 Å². The number of nitrogens with two attached hydrogens (primary N) is 1. The van der Waals surface area contributed by atoms with E-state index in [0.29, 0.717) is 25.0 Å². The van der Waals surface area contributed by atoms with Crippen LogP contribution in [0.15, 0.2) is 0 Å². The highest BCUT2D eigenvalue weighted by Gasteiger charge is 2.37. The lowest BCUT2D eigenvalue weighted by Crippen LogP contribution is -2.60. The highest BCUT2D eigenvalue weighted by molar-refractivity contribution is 5.76. The number of amides is 1. The molecule has 0 spiro atoms. The summed E-state index contributed by atoms with van der Waals surface area (Å²) in [5, 5.41) is 0. The predicted molar refractivity (Wildman–Crippen MR) is 86.2 cm³/mol. The van der Waals surface area contributed by atoms with Crippen LogP contribution in [0.4, 0.5) is 0 Å². The average molecular weight is 296 g/mol. The second-order valence-corrected chi connectivity index (χ2v) is 6.50. The Balaban J connectivity index is 1.97. The van der Waals surface area contributed by atoms with Crippen LogP contribution in [-0.2, 0) is 4.79 Å². The van der Waals surface area contributed by atoms with Crippen LogP contribution in [0.2, 0.25) is 0 Å². The fraction of sp³-hybridized carbons (Fsp3) is 0.938. The zero-order valence-corrected chi connectivity index (χ0v) is 13.9. The molecule has 0 saturated carbocycles. The Morgan fingerprint density at radius 3 is 2.67 bits per heavy atom. The molecule has 0 aliphatic carbocycles. The molecule has 2 aliphatic heterocycles. The van der Waals surface area contributed by atoms with Crippen molar-refractivity contribution in [3.63, 3.8) is 0 Å². The van der Waals surface area contributed by atoms with E-state index in [4.69, 9.17) is 5.73 Å². The molecule has 122 valence electrons. The van der Waals surface area contributed by atoms with E-state index in [-0.39, 0.29) is 11.9 Å². The van der Waals surface area contributed by atoms with Crippen molar-refractivity contribution in [2.75, 3.05) is 39.3 Å². The minimum absolute atomic E-state index is 0.191. The molecule has 2 rings (SSSR count). The third kappa shape index (κ3) is 3.76. The molecule has 0 aromatic carbocycles. The summed E-state index contributed by atoms with van der Waals surface area (Å²) in [7, 11) is 0. The molecule has 3 unspecified atom stereocenters. The number of carbonyl (C=O) groups excluding carboxylic acids is 1. The van der Waals surface area contributed by atoms with Crippen LogP contribution in [0.1, 0.15) is 40.0 Å². The van der Waals surface area contributed by atoms with Gasteiger partial charge in [0.05, 0.1) is 0 Å². The molecule has 5 nitrogen and oxygen atoms in total. The molecule has 5 heteroatoms. The monoisotopic (exact) mass is 296 g/mol. The number of piperazine rings is 1. The standard InChI is InChI=1S/C16H32N4O/c1-4-18(5-2)16(21)9-15(10-17)20-12-14-7-6-8-19(14)11-13(20)3/h13-15H,4-12,17H2,1-3H3. The van der Waals surface area contributed by atoms with E-state index in [1.807, 2.05) is 18.7 Å². The number of hydrogen-bond acceptors (Lipinski definition) is 4.